The summed E-state index contributed by atoms with van der Waals surface area (Å²) in [6.45, 7) is 3.33. The van der Waals surface area contributed by atoms with E-state index in [0.717, 1.165) is 35.0 Å². The van der Waals surface area contributed by atoms with E-state index in [4.69, 9.17) is 11.6 Å². The Morgan fingerprint density at radius 2 is 2.00 bits per heavy atom. The minimum absolute atomic E-state index is 0.470. The number of benzene rings is 1. The molecular weight excluding hydrogens is 270 g/mol. The highest BCUT2D eigenvalue weighted by molar-refractivity contribution is 6.34. The summed E-state index contributed by atoms with van der Waals surface area (Å²) in [5.74, 6) is 2.45. The van der Waals surface area contributed by atoms with Gasteiger partial charge in [0, 0.05) is 17.3 Å². The molecule has 1 aliphatic rings. The molecule has 0 saturated heterocycles. The molecule has 0 bridgehead atoms. The Morgan fingerprint density at radius 1 is 1.20 bits per heavy atom. The van der Waals surface area contributed by atoms with Gasteiger partial charge in [-0.05, 0) is 24.7 Å². The largest absolute Gasteiger partial charge is 0.368 e. The Morgan fingerprint density at radius 3 is 2.80 bits per heavy atom. The van der Waals surface area contributed by atoms with Crippen molar-refractivity contribution < 1.29 is 0 Å². The monoisotopic (exact) mass is 289 g/mol. The van der Waals surface area contributed by atoms with Crippen LogP contribution in [-0.4, -0.2) is 16.7 Å². The molecule has 0 aliphatic heterocycles. The van der Waals surface area contributed by atoms with Crippen LogP contribution in [0.5, 0.6) is 0 Å². The Labute approximate surface area is 124 Å². The van der Waals surface area contributed by atoms with Crippen molar-refractivity contribution in [1.29, 1.82) is 0 Å². The first-order valence-corrected chi connectivity index (χ1v) is 7.76. The van der Waals surface area contributed by atoms with Crippen molar-refractivity contribution in [3.63, 3.8) is 0 Å². The summed E-state index contributed by atoms with van der Waals surface area (Å²) in [7, 11) is 0. The summed E-state index contributed by atoms with van der Waals surface area (Å²) in [6.07, 6.45) is 5.35. The SMILES string of the molecule is CC1CCCC(CNc2nnc(Cl)c3ccccc23)C1. The third-order valence-corrected chi connectivity index (χ3v) is 4.52. The van der Waals surface area contributed by atoms with Crippen LogP contribution in [0.2, 0.25) is 5.15 Å². The van der Waals surface area contributed by atoms with Crippen LogP contribution in [0.25, 0.3) is 10.8 Å². The van der Waals surface area contributed by atoms with Crippen molar-refractivity contribution in [3.05, 3.63) is 29.4 Å². The van der Waals surface area contributed by atoms with Crippen LogP contribution in [-0.2, 0) is 0 Å². The summed E-state index contributed by atoms with van der Waals surface area (Å²) >= 11 is 6.10. The lowest BCUT2D eigenvalue weighted by molar-refractivity contribution is 0.293. The van der Waals surface area contributed by atoms with Gasteiger partial charge >= 0.3 is 0 Å². The molecule has 1 aliphatic carbocycles. The smallest absolute Gasteiger partial charge is 0.159 e. The number of nitrogens with zero attached hydrogens (tertiary/aromatic N) is 2. The average Bonchev–Trinajstić information content (AvgIpc) is 2.47. The van der Waals surface area contributed by atoms with Crippen LogP contribution in [0, 0.1) is 11.8 Å². The third-order valence-electron chi connectivity index (χ3n) is 4.25. The van der Waals surface area contributed by atoms with Crippen LogP contribution in [0.3, 0.4) is 0 Å². The molecule has 3 rings (SSSR count). The van der Waals surface area contributed by atoms with Gasteiger partial charge in [-0.25, -0.2) is 0 Å². The van der Waals surface area contributed by atoms with Gasteiger partial charge in [-0.3, -0.25) is 0 Å². The normalized spacial score (nSPS) is 22.9. The lowest BCUT2D eigenvalue weighted by atomic mass is 9.82. The zero-order valence-corrected chi connectivity index (χ0v) is 12.5. The van der Waals surface area contributed by atoms with Gasteiger partial charge in [0.1, 0.15) is 0 Å². The maximum Gasteiger partial charge on any atom is 0.159 e. The maximum absolute atomic E-state index is 6.10. The number of anilines is 1. The summed E-state index contributed by atoms with van der Waals surface area (Å²) in [6, 6.07) is 8.01. The van der Waals surface area contributed by atoms with E-state index in [-0.39, 0.29) is 0 Å². The van der Waals surface area contributed by atoms with Gasteiger partial charge < -0.3 is 5.32 Å². The van der Waals surface area contributed by atoms with Gasteiger partial charge in [0.15, 0.2) is 11.0 Å². The van der Waals surface area contributed by atoms with Crippen molar-refractivity contribution in [2.75, 3.05) is 11.9 Å². The first-order chi connectivity index (χ1) is 9.74. The van der Waals surface area contributed by atoms with Crippen LogP contribution in [0.15, 0.2) is 24.3 Å². The molecule has 0 radical (unpaired) electrons. The number of hydrogen-bond acceptors (Lipinski definition) is 3. The lowest BCUT2D eigenvalue weighted by Crippen LogP contribution is -2.21. The number of hydrogen-bond donors (Lipinski definition) is 1. The Bertz CT molecular complexity index is 599. The van der Waals surface area contributed by atoms with E-state index in [2.05, 4.69) is 22.4 Å². The van der Waals surface area contributed by atoms with Crippen molar-refractivity contribution in [2.24, 2.45) is 11.8 Å². The van der Waals surface area contributed by atoms with Crippen LogP contribution in [0.4, 0.5) is 5.82 Å². The van der Waals surface area contributed by atoms with Crippen LogP contribution >= 0.6 is 11.6 Å². The molecule has 1 N–H and O–H groups in total. The molecular formula is C16H20ClN3. The second-order valence-corrected chi connectivity index (χ2v) is 6.26. The summed E-state index contributed by atoms with van der Waals surface area (Å²) in [5.41, 5.74) is 0. The molecule has 0 amide bonds. The van der Waals surface area contributed by atoms with Crippen LogP contribution in [0.1, 0.15) is 32.6 Å². The first-order valence-electron chi connectivity index (χ1n) is 7.39. The Balaban J connectivity index is 1.76. The molecule has 1 heterocycles. The summed E-state index contributed by atoms with van der Waals surface area (Å²) < 4.78 is 0. The highest BCUT2D eigenvalue weighted by Gasteiger charge is 2.19. The third kappa shape index (κ3) is 2.88. The van der Waals surface area contributed by atoms with E-state index in [9.17, 15) is 0 Å². The fourth-order valence-electron chi connectivity index (χ4n) is 3.19. The molecule has 20 heavy (non-hydrogen) atoms. The number of nitrogens with one attached hydrogen (secondary N) is 1. The molecule has 1 aromatic heterocycles. The van der Waals surface area contributed by atoms with Crippen molar-refractivity contribution >= 4 is 28.2 Å². The number of halogens is 1. The second kappa shape index (κ2) is 5.96. The quantitative estimate of drug-likeness (QED) is 0.902. The fraction of sp³-hybridized carbons (Fsp3) is 0.500. The summed E-state index contributed by atoms with van der Waals surface area (Å²) in [5, 5.41) is 14.2. The van der Waals surface area contributed by atoms with Gasteiger partial charge in [0.05, 0.1) is 0 Å². The van der Waals surface area contributed by atoms with Gasteiger partial charge in [-0.2, -0.15) is 0 Å². The zero-order valence-electron chi connectivity index (χ0n) is 11.8. The number of fused-ring (bicyclic) bond motifs is 1. The van der Waals surface area contributed by atoms with Crippen LogP contribution < -0.4 is 5.32 Å². The zero-order chi connectivity index (χ0) is 13.9. The molecule has 0 spiro atoms. The number of aromatic nitrogens is 2. The topological polar surface area (TPSA) is 37.8 Å². The predicted molar refractivity (Wildman–Crippen MR) is 84.2 cm³/mol. The molecule has 4 heteroatoms. The molecule has 2 aromatic rings. The lowest BCUT2D eigenvalue weighted by Gasteiger charge is -2.27. The van der Waals surface area contributed by atoms with Crippen molar-refractivity contribution in [2.45, 2.75) is 32.6 Å². The molecule has 106 valence electrons. The van der Waals surface area contributed by atoms with Gasteiger partial charge in [-0.15, -0.1) is 10.2 Å². The fourth-order valence-corrected chi connectivity index (χ4v) is 3.39. The highest BCUT2D eigenvalue weighted by atomic mass is 35.5. The van der Waals surface area contributed by atoms with Gasteiger partial charge in [-0.1, -0.05) is 55.6 Å². The van der Waals surface area contributed by atoms with Gasteiger partial charge in [0.2, 0.25) is 0 Å². The number of rotatable bonds is 3. The van der Waals surface area contributed by atoms with E-state index in [0.29, 0.717) is 5.15 Å². The van der Waals surface area contributed by atoms with Gasteiger partial charge in [0.25, 0.3) is 0 Å². The van der Waals surface area contributed by atoms with E-state index in [1.165, 1.54) is 25.7 Å². The second-order valence-electron chi connectivity index (χ2n) is 5.90. The molecule has 1 aromatic carbocycles. The molecule has 1 fully saturated rings. The average molecular weight is 290 g/mol. The van der Waals surface area contributed by atoms with E-state index in [1.54, 1.807) is 0 Å². The Hall–Kier alpha value is -1.35. The van der Waals surface area contributed by atoms with Crippen molar-refractivity contribution in [3.8, 4) is 0 Å². The maximum atomic E-state index is 6.10. The minimum Gasteiger partial charge on any atom is -0.368 e. The molecule has 2 unspecified atom stereocenters. The molecule has 2 atom stereocenters. The molecule has 3 nitrogen and oxygen atoms in total. The van der Waals surface area contributed by atoms with E-state index < -0.39 is 0 Å². The standard InChI is InChI=1S/C16H20ClN3/c1-11-5-4-6-12(9-11)10-18-16-14-8-3-2-7-13(14)15(17)19-20-16/h2-3,7-8,11-12H,4-6,9-10H2,1H3,(H,18,20). The minimum atomic E-state index is 0.470. The summed E-state index contributed by atoms with van der Waals surface area (Å²) in [4.78, 5) is 0. The van der Waals surface area contributed by atoms with Crippen molar-refractivity contribution in [1.82, 2.24) is 10.2 Å². The predicted octanol–water partition coefficient (Wildman–Crippen LogP) is 4.52. The highest BCUT2D eigenvalue weighted by Crippen LogP contribution is 2.30. The van der Waals surface area contributed by atoms with E-state index >= 15 is 0 Å². The molecule has 1 saturated carbocycles. The van der Waals surface area contributed by atoms with E-state index in [1.807, 2.05) is 24.3 Å². The first kappa shape index (κ1) is 13.6. The Kier molecular flexibility index (Phi) is 4.06.